The van der Waals surface area contributed by atoms with Crippen LogP contribution in [-0.4, -0.2) is 133 Å². The Labute approximate surface area is 378 Å². The maximum absolute atomic E-state index is 13.9. The Bertz CT molecular complexity index is 2500. The molecule has 3 aromatic heterocycles. The second-order valence-electron chi connectivity index (χ2n) is 16.2. The third-order valence-electron chi connectivity index (χ3n) is 10.6. The molecule has 22 nitrogen and oxygen atoms in total. The molecule has 5 aromatic rings. The van der Waals surface area contributed by atoms with E-state index in [0.29, 0.717) is 16.8 Å². The van der Waals surface area contributed by atoms with Crippen LogP contribution in [0.5, 0.6) is 0 Å². The molecule has 7 amide bonds. The number of nitrogens with two attached hydrogens (primary N) is 1. The Balaban J connectivity index is 1.19. The summed E-state index contributed by atoms with van der Waals surface area (Å²) >= 11 is 0. The lowest BCUT2D eigenvalue weighted by Crippen LogP contribution is -2.58. The van der Waals surface area contributed by atoms with Crippen LogP contribution in [0.4, 0.5) is 0 Å². The van der Waals surface area contributed by atoms with Crippen molar-refractivity contribution in [2.24, 2.45) is 11.7 Å². The average molecular weight is 913 g/mol. The highest BCUT2D eigenvalue weighted by molar-refractivity contribution is 5.97. The van der Waals surface area contributed by atoms with Gasteiger partial charge in [-0.3, -0.25) is 33.6 Å². The number of carboxylic acids is 1. The topological polar surface area (TPSA) is 348 Å². The maximum Gasteiger partial charge on any atom is 0.326 e. The highest BCUT2D eigenvalue weighted by Crippen LogP contribution is 2.21. The van der Waals surface area contributed by atoms with Crippen molar-refractivity contribution in [2.45, 2.75) is 82.7 Å². The van der Waals surface area contributed by atoms with Gasteiger partial charge in [-0.25, -0.2) is 9.78 Å². The molecule has 14 N–H and O–H groups in total. The van der Waals surface area contributed by atoms with Crippen LogP contribution in [0.15, 0.2) is 73.4 Å². The van der Waals surface area contributed by atoms with E-state index in [1.807, 2.05) is 56.3 Å². The molecule has 0 bridgehead atoms. The van der Waals surface area contributed by atoms with Gasteiger partial charge in [-0.15, -0.1) is 0 Å². The van der Waals surface area contributed by atoms with Gasteiger partial charge in [0.05, 0.1) is 26.0 Å². The minimum atomic E-state index is -1.33. The van der Waals surface area contributed by atoms with Crippen LogP contribution in [0.3, 0.4) is 0 Å². The number of benzene rings is 2. The van der Waals surface area contributed by atoms with E-state index in [1.54, 1.807) is 18.5 Å². The van der Waals surface area contributed by atoms with E-state index in [2.05, 4.69) is 57.2 Å². The number of H-pyrrole nitrogens is 3. The average Bonchev–Trinajstić information content (AvgIpc) is 4.07. The number of carbonyl (C=O) groups is 8. The van der Waals surface area contributed by atoms with E-state index in [1.165, 1.54) is 19.4 Å². The number of para-hydroxylation sites is 2. The highest BCUT2D eigenvalue weighted by Gasteiger charge is 2.32. The van der Waals surface area contributed by atoms with Crippen LogP contribution in [0.25, 0.3) is 21.8 Å². The van der Waals surface area contributed by atoms with E-state index in [9.17, 15) is 48.6 Å². The molecule has 0 aliphatic rings. The number of aromatic amines is 3. The molecule has 66 heavy (non-hydrogen) atoms. The smallest absolute Gasteiger partial charge is 0.326 e. The Morgan fingerprint density at radius 1 is 0.621 bits per heavy atom. The van der Waals surface area contributed by atoms with Gasteiger partial charge in [0.2, 0.25) is 41.4 Å². The summed E-state index contributed by atoms with van der Waals surface area (Å²) in [5, 5.41) is 38.3. The second kappa shape index (κ2) is 23.4. The number of carbonyl (C=O) groups excluding carboxylic acids is 7. The van der Waals surface area contributed by atoms with Crippen molar-refractivity contribution in [3.8, 4) is 0 Å². The Morgan fingerprint density at radius 3 is 1.68 bits per heavy atom. The molecule has 0 radical (unpaired) electrons. The molecule has 0 spiro atoms. The highest BCUT2D eigenvalue weighted by atomic mass is 16.4. The van der Waals surface area contributed by atoms with Gasteiger partial charge in [0.1, 0.15) is 36.3 Å². The number of aliphatic carboxylic acids is 1. The van der Waals surface area contributed by atoms with E-state index in [-0.39, 0.29) is 31.6 Å². The lowest BCUT2D eigenvalue weighted by molar-refractivity contribution is -0.142. The fraction of sp³-hybridized carbons (Fsp3) is 0.386. The third-order valence-corrected chi connectivity index (χ3v) is 10.6. The summed E-state index contributed by atoms with van der Waals surface area (Å²) in [7, 11) is 0. The van der Waals surface area contributed by atoms with Crippen molar-refractivity contribution < 1.29 is 48.6 Å². The fourth-order valence-electron chi connectivity index (χ4n) is 7.07. The van der Waals surface area contributed by atoms with Gasteiger partial charge in [0, 0.05) is 65.4 Å². The SMILES string of the molecule is CC(C)C[C@H](NC(=O)[C@H](Cc1c[nH]c2ccccc12)NC(=O)CNC(=O)CNC(=O)[C@H](C)NC(=O)[C@H](Cc1c[nH]c2ccccc12)NC(=O)[C@H](Cc1cnc[nH]1)NC(=O)[C@@H](N)CO)C(=O)O. The van der Waals surface area contributed by atoms with Crippen molar-refractivity contribution in [1.82, 2.24) is 57.2 Å². The molecule has 0 aliphatic heterocycles. The number of fused-ring (bicyclic) bond motifs is 2. The molecular formula is C44H56N12O10. The summed E-state index contributed by atoms with van der Waals surface area (Å²) in [5.74, 6) is -6.72. The van der Waals surface area contributed by atoms with E-state index < -0.39 is 103 Å². The summed E-state index contributed by atoms with van der Waals surface area (Å²) in [6.07, 6.45) is 6.21. The summed E-state index contributed by atoms with van der Waals surface area (Å²) in [4.78, 5) is 118. The zero-order valence-corrected chi connectivity index (χ0v) is 36.6. The Kier molecular flexibility index (Phi) is 17.5. The van der Waals surface area contributed by atoms with Crippen LogP contribution in [0.1, 0.15) is 44.0 Å². The summed E-state index contributed by atoms with van der Waals surface area (Å²) < 4.78 is 0. The van der Waals surface area contributed by atoms with Crippen LogP contribution >= 0.6 is 0 Å². The minimum Gasteiger partial charge on any atom is -0.480 e. The first-order valence-corrected chi connectivity index (χ1v) is 21.2. The predicted molar refractivity (Wildman–Crippen MR) is 240 cm³/mol. The van der Waals surface area contributed by atoms with Crippen LogP contribution in [0.2, 0.25) is 0 Å². The number of rotatable bonds is 24. The lowest BCUT2D eigenvalue weighted by atomic mass is 10.0. The minimum absolute atomic E-state index is 0.00278. The zero-order chi connectivity index (χ0) is 47.9. The van der Waals surface area contributed by atoms with E-state index in [4.69, 9.17) is 5.73 Å². The largest absolute Gasteiger partial charge is 0.480 e. The van der Waals surface area contributed by atoms with Crippen molar-refractivity contribution >= 4 is 69.1 Å². The number of amides is 7. The monoisotopic (exact) mass is 912 g/mol. The predicted octanol–water partition coefficient (Wildman–Crippen LogP) is -1.47. The van der Waals surface area contributed by atoms with Gasteiger partial charge in [-0.05, 0) is 42.5 Å². The molecule has 6 atom stereocenters. The summed E-state index contributed by atoms with van der Waals surface area (Å²) in [5.41, 5.74) is 9.06. The van der Waals surface area contributed by atoms with E-state index >= 15 is 0 Å². The standard InChI is InChI=1S/C44H56N12O10/c1-23(2)12-36(44(65)66)56-42(63)33(13-25-16-47-31-10-6-4-8-28(25)31)53-38(59)20-49-37(58)19-50-39(60)24(3)52-41(62)34(14-26-17-48-32-11-7-5-9-29(26)32)55-43(64)35(15-27-18-46-22-51-27)54-40(61)30(45)21-57/h4-11,16-18,22-24,30,33-36,47-48,57H,12-15,19-21,45H2,1-3H3,(H,46,51)(H,49,58)(H,50,60)(H,52,62)(H,53,59)(H,54,61)(H,55,64)(H,56,63)(H,65,66)/t24-,30-,33-,34-,35-,36-/m0/s1. The number of carboxylic acid groups (broad SMARTS) is 1. The normalized spacial score (nSPS) is 14.0. The first-order chi connectivity index (χ1) is 31.5. The number of imidazole rings is 1. The first-order valence-electron chi connectivity index (χ1n) is 21.2. The fourth-order valence-corrected chi connectivity index (χ4v) is 7.07. The second-order valence-corrected chi connectivity index (χ2v) is 16.2. The molecule has 0 unspecified atom stereocenters. The van der Waals surface area contributed by atoms with Gasteiger partial charge in [0.15, 0.2) is 0 Å². The van der Waals surface area contributed by atoms with Gasteiger partial charge in [-0.1, -0.05) is 50.2 Å². The molecule has 22 heteroatoms. The lowest BCUT2D eigenvalue weighted by Gasteiger charge is -2.25. The number of aliphatic hydroxyl groups is 1. The Hall–Kier alpha value is -7.59. The van der Waals surface area contributed by atoms with Gasteiger partial charge in [-0.2, -0.15) is 0 Å². The van der Waals surface area contributed by atoms with Crippen molar-refractivity contribution in [3.63, 3.8) is 0 Å². The number of nitrogens with zero attached hydrogens (tertiary/aromatic N) is 1. The Morgan fingerprint density at radius 2 is 1.14 bits per heavy atom. The van der Waals surface area contributed by atoms with Crippen LogP contribution in [-0.2, 0) is 57.6 Å². The van der Waals surface area contributed by atoms with Crippen LogP contribution in [0, 0.1) is 5.92 Å². The zero-order valence-electron chi connectivity index (χ0n) is 36.6. The number of aliphatic hydroxyl groups excluding tert-OH is 1. The number of hydrogen-bond donors (Lipinski definition) is 13. The molecule has 0 fully saturated rings. The van der Waals surface area contributed by atoms with Gasteiger partial charge in [0.25, 0.3) is 0 Å². The maximum atomic E-state index is 13.9. The molecule has 0 saturated carbocycles. The molecule has 5 rings (SSSR count). The molecule has 352 valence electrons. The number of hydrogen-bond acceptors (Lipinski definition) is 11. The first kappa shape index (κ1) is 49.4. The van der Waals surface area contributed by atoms with E-state index in [0.717, 1.165) is 21.8 Å². The third kappa shape index (κ3) is 14.0. The molecule has 2 aromatic carbocycles. The van der Waals surface area contributed by atoms with Gasteiger partial charge < -0.3 is 68.1 Å². The van der Waals surface area contributed by atoms with Gasteiger partial charge >= 0.3 is 5.97 Å². The van der Waals surface area contributed by atoms with Crippen LogP contribution < -0.4 is 43.0 Å². The summed E-state index contributed by atoms with van der Waals surface area (Å²) in [6, 6.07) is 7.04. The number of nitrogens with one attached hydrogen (secondary N) is 10. The van der Waals surface area contributed by atoms with Crippen molar-refractivity contribution in [1.29, 1.82) is 0 Å². The molecule has 0 saturated heterocycles. The molecule has 0 aliphatic carbocycles. The quantitative estimate of drug-likeness (QED) is 0.0338. The number of aromatic nitrogens is 4. The van der Waals surface area contributed by atoms with Crippen molar-refractivity contribution in [2.75, 3.05) is 19.7 Å². The molecular weight excluding hydrogens is 857 g/mol. The summed E-state index contributed by atoms with van der Waals surface area (Å²) in [6.45, 7) is 3.09. The molecule has 3 heterocycles. The van der Waals surface area contributed by atoms with Crippen molar-refractivity contribution in [3.05, 3.63) is 90.3 Å².